The molecule has 0 aromatic rings. The molecule has 0 radical (unpaired) electrons. The Balaban J connectivity index is 1.86. The summed E-state index contributed by atoms with van der Waals surface area (Å²) in [5.74, 6) is 0. The van der Waals surface area contributed by atoms with E-state index in [1.54, 1.807) is 0 Å². The highest BCUT2D eigenvalue weighted by Gasteiger charge is 2.48. The van der Waals surface area contributed by atoms with Gasteiger partial charge in [0.05, 0.1) is 12.2 Å². The standard InChI is InChI=1S/C8H13NO3/c10-7(11)9-6-2-1-3-8(4-6)5-12-8/h6,9H,1-5H2,(H,10,11)/t6-,8?/m1/s1. The maximum Gasteiger partial charge on any atom is 0.404 e. The Hall–Kier alpha value is -0.770. The molecule has 1 heterocycles. The molecule has 2 N–H and O–H groups in total. The van der Waals surface area contributed by atoms with Gasteiger partial charge in [-0.3, -0.25) is 0 Å². The summed E-state index contributed by atoms with van der Waals surface area (Å²) in [7, 11) is 0. The van der Waals surface area contributed by atoms with Crippen molar-refractivity contribution in [3.8, 4) is 0 Å². The monoisotopic (exact) mass is 171 g/mol. The second-order valence-corrected chi connectivity index (χ2v) is 3.71. The Morgan fingerprint density at radius 3 is 3.00 bits per heavy atom. The molecular formula is C8H13NO3. The molecule has 2 aliphatic rings. The first-order valence-corrected chi connectivity index (χ1v) is 4.34. The second kappa shape index (κ2) is 2.62. The summed E-state index contributed by atoms with van der Waals surface area (Å²) in [6, 6.07) is 0.110. The van der Waals surface area contributed by atoms with E-state index in [0.717, 1.165) is 32.3 Å². The molecule has 2 fully saturated rings. The molecule has 2 atom stereocenters. The van der Waals surface area contributed by atoms with Gasteiger partial charge in [0.2, 0.25) is 0 Å². The highest BCUT2D eigenvalue weighted by atomic mass is 16.6. The number of nitrogens with one attached hydrogen (secondary N) is 1. The van der Waals surface area contributed by atoms with Crippen LogP contribution in [0.3, 0.4) is 0 Å². The molecule has 1 amide bonds. The first-order chi connectivity index (χ1) is 5.70. The third kappa shape index (κ3) is 1.53. The van der Waals surface area contributed by atoms with Gasteiger partial charge in [-0.25, -0.2) is 4.79 Å². The highest BCUT2D eigenvalue weighted by molar-refractivity contribution is 5.64. The van der Waals surface area contributed by atoms with Gasteiger partial charge in [0.25, 0.3) is 0 Å². The van der Waals surface area contributed by atoms with E-state index in [4.69, 9.17) is 9.84 Å². The van der Waals surface area contributed by atoms with E-state index in [9.17, 15) is 4.79 Å². The molecule has 0 aromatic heterocycles. The summed E-state index contributed by atoms with van der Waals surface area (Å²) in [4.78, 5) is 10.3. The lowest BCUT2D eigenvalue weighted by atomic mass is 9.86. The number of hydrogen-bond donors (Lipinski definition) is 2. The molecule has 2 rings (SSSR count). The zero-order valence-electron chi connectivity index (χ0n) is 6.88. The van der Waals surface area contributed by atoms with Gasteiger partial charge in [-0.1, -0.05) is 0 Å². The van der Waals surface area contributed by atoms with E-state index in [-0.39, 0.29) is 11.6 Å². The molecule has 12 heavy (non-hydrogen) atoms. The maximum absolute atomic E-state index is 10.3. The van der Waals surface area contributed by atoms with Gasteiger partial charge in [-0.05, 0) is 25.7 Å². The average Bonchev–Trinajstić information content (AvgIpc) is 2.68. The van der Waals surface area contributed by atoms with Crippen molar-refractivity contribution in [1.82, 2.24) is 5.32 Å². The Bertz CT molecular complexity index is 200. The van der Waals surface area contributed by atoms with Gasteiger partial charge in [-0.15, -0.1) is 0 Å². The molecule has 1 unspecified atom stereocenters. The lowest BCUT2D eigenvalue weighted by Gasteiger charge is -2.26. The summed E-state index contributed by atoms with van der Waals surface area (Å²) in [5, 5.41) is 11.0. The van der Waals surface area contributed by atoms with Crippen molar-refractivity contribution >= 4 is 6.09 Å². The Labute approximate surface area is 70.9 Å². The number of ether oxygens (including phenoxy) is 1. The molecule has 1 saturated heterocycles. The number of hydrogen-bond acceptors (Lipinski definition) is 2. The van der Waals surface area contributed by atoms with Gasteiger partial charge in [0, 0.05) is 6.04 Å². The number of carboxylic acid groups (broad SMARTS) is 1. The van der Waals surface area contributed by atoms with Crippen LogP contribution in [0.2, 0.25) is 0 Å². The lowest BCUT2D eigenvalue weighted by molar-refractivity contribution is 0.170. The van der Waals surface area contributed by atoms with Crippen LogP contribution in [0.5, 0.6) is 0 Å². The SMILES string of the molecule is O=C(O)N[C@@H]1CCCC2(CO2)C1. The van der Waals surface area contributed by atoms with Crippen molar-refractivity contribution in [1.29, 1.82) is 0 Å². The van der Waals surface area contributed by atoms with Gasteiger partial charge in [-0.2, -0.15) is 0 Å². The zero-order valence-corrected chi connectivity index (χ0v) is 6.88. The van der Waals surface area contributed by atoms with Crippen LogP contribution < -0.4 is 5.32 Å². The van der Waals surface area contributed by atoms with Crippen LogP contribution in [0.25, 0.3) is 0 Å². The van der Waals surface area contributed by atoms with Crippen LogP contribution in [0.4, 0.5) is 4.79 Å². The van der Waals surface area contributed by atoms with Crippen LogP contribution in [0.15, 0.2) is 0 Å². The quantitative estimate of drug-likeness (QED) is 0.578. The normalized spacial score (nSPS) is 39.5. The van der Waals surface area contributed by atoms with E-state index in [2.05, 4.69) is 5.32 Å². The van der Waals surface area contributed by atoms with E-state index in [0.29, 0.717) is 0 Å². The van der Waals surface area contributed by atoms with Gasteiger partial charge < -0.3 is 15.2 Å². The molecular weight excluding hydrogens is 158 g/mol. The molecule has 1 aliphatic carbocycles. The highest BCUT2D eigenvalue weighted by Crippen LogP contribution is 2.41. The Kier molecular flexibility index (Phi) is 1.72. The third-order valence-electron chi connectivity index (χ3n) is 2.68. The summed E-state index contributed by atoms with van der Waals surface area (Å²) in [6.07, 6.45) is 3.07. The predicted octanol–water partition coefficient (Wildman–Crippen LogP) is 0.966. The van der Waals surface area contributed by atoms with E-state index in [1.807, 2.05) is 0 Å². The minimum atomic E-state index is -0.919. The minimum Gasteiger partial charge on any atom is -0.465 e. The van der Waals surface area contributed by atoms with Gasteiger partial charge in [0.1, 0.15) is 0 Å². The van der Waals surface area contributed by atoms with Crippen molar-refractivity contribution < 1.29 is 14.6 Å². The second-order valence-electron chi connectivity index (χ2n) is 3.71. The van der Waals surface area contributed by atoms with Crippen LogP contribution >= 0.6 is 0 Å². The van der Waals surface area contributed by atoms with Crippen molar-refractivity contribution in [2.45, 2.75) is 37.3 Å². The minimum absolute atomic E-state index is 0.0609. The lowest BCUT2D eigenvalue weighted by Crippen LogP contribution is -2.40. The van der Waals surface area contributed by atoms with Crippen LogP contribution in [0.1, 0.15) is 25.7 Å². The number of amides is 1. The predicted molar refractivity (Wildman–Crippen MR) is 42.1 cm³/mol. The first-order valence-electron chi connectivity index (χ1n) is 4.34. The van der Waals surface area contributed by atoms with Crippen LogP contribution in [-0.4, -0.2) is 29.4 Å². The molecule has 68 valence electrons. The summed E-state index contributed by atoms with van der Waals surface area (Å²) in [5.41, 5.74) is 0.0609. The van der Waals surface area contributed by atoms with Crippen LogP contribution in [-0.2, 0) is 4.74 Å². The Morgan fingerprint density at radius 2 is 2.42 bits per heavy atom. The van der Waals surface area contributed by atoms with Crippen molar-refractivity contribution in [3.63, 3.8) is 0 Å². The fraction of sp³-hybridized carbons (Fsp3) is 0.875. The van der Waals surface area contributed by atoms with E-state index < -0.39 is 6.09 Å². The van der Waals surface area contributed by atoms with Crippen molar-refractivity contribution in [2.75, 3.05) is 6.61 Å². The fourth-order valence-corrected chi connectivity index (χ4v) is 1.99. The molecule has 1 saturated carbocycles. The van der Waals surface area contributed by atoms with Crippen molar-refractivity contribution in [3.05, 3.63) is 0 Å². The molecule has 4 nitrogen and oxygen atoms in total. The molecule has 0 bridgehead atoms. The maximum atomic E-state index is 10.3. The molecule has 0 aromatic carbocycles. The molecule has 1 aliphatic heterocycles. The van der Waals surface area contributed by atoms with Gasteiger partial charge >= 0.3 is 6.09 Å². The first kappa shape index (κ1) is 7.86. The largest absolute Gasteiger partial charge is 0.465 e. The number of epoxide rings is 1. The summed E-state index contributed by atoms with van der Waals surface area (Å²) < 4.78 is 5.32. The zero-order chi connectivity index (χ0) is 8.60. The smallest absolute Gasteiger partial charge is 0.404 e. The van der Waals surface area contributed by atoms with E-state index in [1.165, 1.54) is 0 Å². The third-order valence-corrected chi connectivity index (χ3v) is 2.68. The van der Waals surface area contributed by atoms with Crippen molar-refractivity contribution in [2.24, 2.45) is 0 Å². The fourth-order valence-electron chi connectivity index (χ4n) is 1.99. The topological polar surface area (TPSA) is 61.9 Å². The van der Waals surface area contributed by atoms with Gasteiger partial charge in [0.15, 0.2) is 0 Å². The van der Waals surface area contributed by atoms with E-state index >= 15 is 0 Å². The number of rotatable bonds is 1. The van der Waals surface area contributed by atoms with Crippen LogP contribution in [0, 0.1) is 0 Å². The Morgan fingerprint density at radius 1 is 1.67 bits per heavy atom. The summed E-state index contributed by atoms with van der Waals surface area (Å²) >= 11 is 0. The molecule has 1 spiro atoms. The molecule has 4 heteroatoms. The summed E-state index contributed by atoms with van der Waals surface area (Å²) in [6.45, 7) is 0.824. The average molecular weight is 171 g/mol. The number of carbonyl (C=O) groups is 1.